The van der Waals surface area contributed by atoms with Crippen LogP contribution in [0, 0.1) is 0 Å². The molecule has 1 fully saturated rings. The number of nitrogens with zero attached hydrogens (tertiary/aromatic N) is 4. The molecule has 1 amide bonds. The van der Waals surface area contributed by atoms with Gasteiger partial charge in [0.05, 0.1) is 44.8 Å². The van der Waals surface area contributed by atoms with Crippen LogP contribution in [0.4, 0.5) is 5.69 Å². The maximum absolute atomic E-state index is 13.7. The summed E-state index contributed by atoms with van der Waals surface area (Å²) >= 11 is 0. The molecule has 0 saturated carbocycles. The number of carbonyl (C=O) groups excluding carboxylic acids is 1. The molecular formula is C29H34N4O5. The van der Waals surface area contributed by atoms with Crippen molar-refractivity contribution >= 4 is 22.5 Å². The standard InChI is InChI=1S/C29H34N4O5/c1-31-9-11-32(12-10-31)16-25(35)33-8-7-18-19-6-5-17-13-22(34)23(36-2)14-20(17)27(19)30-21-15-24(37-3)29(38-4)28(33)26(18)21/h13-15,34H,5-12,16H2,1-4H3. The lowest BCUT2D eigenvalue weighted by atomic mass is 9.82. The molecule has 200 valence electrons. The Hall–Kier alpha value is -3.56. The number of piperazine rings is 1. The van der Waals surface area contributed by atoms with Crippen molar-refractivity contribution < 1.29 is 24.1 Å². The van der Waals surface area contributed by atoms with Gasteiger partial charge in [-0.15, -0.1) is 0 Å². The van der Waals surface area contributed by atoms with Crippen LogP contribution < -0.4 is 19.1 Å². The monoisotopic (exact) mass is 518 g/mol. The highest BCUT2D eigenvalue weighted by molar-refractivity contribution is 6.10. The molecule has 2 aliphatic heterocycles. The molecule has 1 aliphatic carbocycles. The third kappa shape index (κ3) is 3.92. The number of carbonyl (C=O) groups is 1. The summed E-state index contributed by atoms with van der Waals surface area (Å²) in [5, 5.41) is 11.3. The maximum Gasteiger partial charge on any atom is 0.241 e. The smallest absolute Gasteiger partial charge is 0.241 e. The lowest BCUT2D eigenvalue weighted by Crippen LogP contribution is -2.49. The number of aromatic hydroxyl groups is 1. The van der Waals surface area contributed by atoms with E-state index >= 15 is 0 Å². The molecule has 0 bridgehead atoms. The number of ether oxygens (including phenoxy) is 3. The summed E-state index contributed by atoms with van der Waals surface area (Å²) in [5.74, 6) is 1.75. The fraction of sp³-hybridized carbons (Fsp3) is 0.448. The predicted molar refractivity (Wildman–Crippen MR) is 146 cm³/mol. The zero-order chi connectivity index (χ0) is 26.6. The largest absolute Gasteiger partial charge is 0.504 e. The average Bonchev–Trinajstić information content (AvgIpc) is 2.93. The summed E-state index contributed by atoms with van der Waals surface area (Å²) in [7, 11) is 6.90. The van der Waals surface area contributed by atoms with Crippen LogP contribution in [-0.4, -0.2) is 93.4 Å². The quantitative estimate of drug-likeness (QED) is 0.552. The first-order valence-electron chi connectivity index (χ1n) is 13.2. The van der Waals surface area contributed by atoms with Crippen molar-refractivity contribution in [2.24, 2.45) is 0 Å². The minimum absolute atomic E-state index is 0.0661. The normalized spacial score (nSPS) is 17.2. The number of aromatic nitrogens is 1. The summed E-state index contributed by atoms with van der Waals surface area (Å²) in [4.78, 5) is 25.3. The molecule has 9 heteroatoms. The maximum atomic E-state index is 13.7. The Morgan fingerprint density at radius 3 is 2.39 bits per heavy atom. The summed E-state index contributed by atoms with van der Waals surface area (Å²) < 4.78 is 17.0. The van der Waals surface area contributed by atoms with Crippen LogP contribution in [0.5, 0.6) is 23.0 Å². The van der Waals surface area contributed by atoms with E-state index in [1.807, 2.05) is 17.0 Å². The first-order chi connectivity index (χ1) is 18.4. The molecular weight excluding hydrogens is 484 g/mol. The second-order valence-electron chi connectivity index (χ2n) is 10.3. The van der Waals surface area contributed by atoms with E-state index in [2.05, 4.69) is 16.8 Å². The number of likely N-dealkylation sites (N-methyl/N-ethyl adjacent to an activating group) is 1. The number of phenols is 1. The lowest BCUT2D eigenvalue weighted by Gasteiger charge is -2.36. The molecule has 1 aromatic heterocycles. The highest BCUT2D eigenvalue weighted by Gasteiger charge is 2.34. The fourth-order valence-corrected chi connectivity index (χ4v) is 6.18. The first kappa shape index (κ1) is 24.8. The van der Waals surface area contributed by atoms with E-state index in [-0.39, 0.29) is 11.7 Å². The van der Waals surface area contributed by atoms with Gasteiger partial charge in [-0.2, -0.15) is 0 Å². The van der Waals surface area contributed by atoms with E-state index in [4.69, 9.17) is 19.2 Å². The number of phenolic OH excluding ortho intramolecular Hbond substituents is 1. The summed E-state index contributed by atoms with van der Waals surface area (Å²) in [6.45, 7) is 4.63. The second kappa shape index (κ2) is 9.63. The van der Waals surface area contributed by atoms with Gasteiger partial charge in [-0.3, -0.25) is 9.69 Å². The fourth-order valence-electron chi connectivity index (χ4n) is 6.18. The Morgan fingerprint density at radius 2 is 1.68 bits per heavy atom. The topological polar surface area (TPSA) is 87.6 Å². The summed E-state index contributed by atoms with van der Waals surface area (Å²) in [6, 6.07) is 5.57. The molecule has 9 nitrogen and oxygen atoms in total. The highest BCUT2D eigenvalue weighted by Crippen LogP contribution is 2.50. The number of methoxy groups -OCH3 is 3. The van der Waals surface area contributed by atoms with Gasteiger partial charge in [0, 0.05) is 49.7 Å². The molecule has 3 aliphatic rings. The van der Waals surface area contributed by atoms with Gasteiger partial charge in [0.1, 0.15) is 0 Å². The summed E-state index contributed by atoms with van der Waals surface area (Å²) in [6.07, 6.45) is 2.35. The van der Waals surface area contributed by atoms with Crippen LogP contribution >= 0.6 is 0 Å². The minimum atomic E-state index is 0.0661. The molecule has 0 atom stereocenters. The van der Waals surface area contributed by atoms with Crippen LogP contribution in [-0.2, 0) is 24.1 Å². The number of anilines is 1. The van der Waals surface area contributed by atoms with E-state index in [0.717, 1.165) is 78.9 Å². The van der Waals surface area contributed by atoms with E-state index in [0.29, 0.717) is 30.3 Å². The van der Waals surface area contributed by atoms with Gasteiger partial charge in [0.25, 0.3) is 0 Å². The number of rotatable bonds is 5. The van der Waals surface area contributed by atoms with Gasteiger partial charge in [-0.05, 0) is 55.1 Å². The van der Waals surface area contributed by atoms with Gasteiger partial charge >= 0.3 is 0 Å². The Morgan fingerprint density at radius 1 is 0.921 bits per heavy atom. The zero-order valence-corrected chi connectivity index (χ0v) is 22.5. The van der Waals surface area contributed by atoms with Crippen molar-refractivity contribution in [1.82, 2.24) is 14.8 Å². The third-order valence-electron chi connectivity index (χ3n) is 8.22. The second-order valence-corrected chi connectivity index (χ2v) is 10.3. The van der Waals surface area contributed by atoms with E-state index in [1.165, 1.54) is 11.1 Å². The van der Waals surface area contributed by atoms with Crippen LogP contribution in [0.3, 0.4) is 0 Å². The van der Waals surface area contributed by atoms with Crippen molar-refractivity contribution in [2.75, 3.05) is 72.5 Å². The Kier molecular flexibility index (Phi) is 6.28. The third-order valence-corrected chi connectivity index (χ3v) is 8.22. The number of aryl methyl sites for hydroxylation is 1. The van der Waals surface area contributed by atoms with Crippen molar-refractivity contribution in [3.63, 3.8) is 0 Å². The molecule has 2 aromatic carbocycles. The predicted octanol–water partition coefficient (Wildman–Crippen LogP) is 2.87. The van der Waals surface area contributed by atoms with Gasteiger partial charge in [0.15, 0.2) is 23.0 Å². The number of fused-ring (bicyclic) bond motifs is 4. The minimum Gasteiger partial charge on any atom is -0.504 e. The molecule has 6 rings (SSSR count). The molecule has 3 aromatic rings. The number of benzene rings is 2. The molecule has 0 radical (unpaired) electrons. The molecule has 0 unspecified atom stereocenters. The number of pyridine rings is 1. The molecule has 1 saturated heterocycles. The number of amides is 1. The Bertz CT molecular complexity index is 1430. The van der Waals surface area contributed by atoms with Crippen molar-refractivity contribution in [3.8, 4) is 34.3 Å². The molecule has 1 N–H and O–H groups in total. The van der Waals surface area contributed by atoms with E-state index < -0.39 is 0 Å². The zero-order valence-electron chi connectivity index (χ0n) is 22.5. The van der Waals surface area contributed by atoms with E-state index in [1.54, 1.807) is 27.4 Å². The summed E-state index contributed by atoms with van der Waals surface area (Å²) in [5.41, 5.74) is 6.86. The van der Waals surface area contributed by atoms with E-state index in [9.17, 15) is 9.90 Å². The van der Waals surface area contributed by atoms with Crippen molar-refractivity contribution in [3.05, 3.63) is 34.9 Å². The SMILES string of the molecule is COc1cc2c(cc1O)CCc1c-2nc2cc(OC)c(OC)c3c2c1CCN3C(=O)CN1CCN(C)CC1. The average molecular weight is 519 g/mol. The molecule has 38 heavy (non-hydrogen) atoms. The Balaban J connectivity index is 1.50. The van der Waals surface area contributed by atoms with Crippen LogP contribution in [0.1, 0.15) is 16.7 Å². The van der Waals surface area contributed by atoms with Gasteiger partial charge in [0.2, 0.25) is 5.91 Å². The van der Waals surface area contributed by atoms with Gasteiger partial charge in [-0.25, -0.2) is 4.98 Å². The first-order valence-corrected chi connectivity index (χ1v) is 13.2. The van der Waals surface area contributed by atoms with Crippen LogP contribution in [0.25, 0.3) is 22.2 Å². The molecule has 3 heterocycles. The van der Waals surface area contributed by atoms with Crippen LogP contribution in [0.2, 0.25) is 0 Å². The highest BCUT2D eigenvalue weighted by atomic mass is 16.5. The van der Waals surface area contributed by atoms with Crippen LogP contribution in [0.15, 0.2) is 18.2 Å². The lowest BCUT2D eigenvalue weighted by molar-refractivity contribution is -0.120. The van der Waals surface area contributed by atoms with Gasteiger partial charge < -0.3 is 29.1 Å². The van der Waals surface area contributed by atoms with Crippen molar-refractivity contribution in [1.29, 1.82) is 0 Å². The number of hydrogen-bond acceptors (Lipinski definition) is 8. The number of hydrogen-bond donors (Lipinski definition) is 1. The van der Waals surface area contributed by atoms with Gasteiger partial charge in [-0.1, -0.05) is 0 Å². The Labute approximate surface area is 222 Å². The van der Waals surface area contributed by atoms with Crippen molar-refractivity contribution in [2.45, 2.75) is 19.3 Å². The molecule has 0 spiro atoms.